The van der Waals surface area contributed by atoms with E-state index < -0.39 is 0 Å². The highest BCUT2D eigenvalue weighted by atomic mass is 16.5. The normalized spacial score (nSPS) is 39.6. The molecule has 7 heteroatoms. The highest BCUT2D eigenvalue weighted by Crippen LogP contribution is 2.60. The zero-order valence-electron chi connectivity index (χ0n) is 15.8. The zero-order valence-corrected chi connectivity index (χ0v) is 15.8. The standard InChI is InChI=1S/C19H29N5O2/c1-13-21-23-24(22-13)19-9-14-6-15(10-19)8-18(7-14,11-19)20-16(25)17(12-26-2)4-3-5-17/h14-15H,3-12H2,1-2H3,(H,20,25)/t14-,15-,18?,19?/m0/s1. The van der Waals surface area contributed by atoms with E-state index in [0.29, 0.717) is 18.4 Å². The van der Waals surface area contributed by atoms with E-state index in [4.69, 9.17) is 4.74 Å². The molecule has 0 aromatic carbocycles. The number of aryl methyl sites for hydroxylation is 1. The summed E-state index contributed by atoms with van der Waals surface area (Å²) >= 11 is 0. The van der Waals surface area contributed by atoms with Crippen LogP contribution >= 0.6 is 0 Å². The summed E-state index contributed by atoms with van der Waals surface area (Å²) in [6.07, 6.45) is 9.71. The minimum absolute atomic E-state index is 0.0628. The van der Waals surface area contributed by atoms with Gasteiger partial charge in [-0.05, 0) is 75.3 Å². The molecule has 5 fully saturated rings. The van der Waals surface area contributed by atoms with Crippen LogP contribution < -0.4 is 5.32 Å². The van der Waals surface area contributed by atoms with E-state index in [1.165, 1.54) is 6.42 Å². The SMILES string of the molecule is COCC1(C(=O)NC23C[C@@H]4C[C@@H](C2)CC(n2nnc(C)n2)(C4)C3)CCC1. The summed E-state index contributed by atoms with van der Waals surface area (Å²) < 4.78 is 5.39. The molecule has 4 bridgehead atoms. The number of rotatable bonds is 5. The molecule has 0 aliphatic heterocycles. The highest BCUT2D eigenvalue weighted by molar-refractivity contribution is 5.84. The first-order chi connectivity index (χ1) is 12.5. The topological polar surface area (TPSA) is 81.9 Å². The third-order valence-corrected chi connectivity index (χ3v) is 7.56. The van der Waals surface area contributed by atoms with Crippen LogP contribution in [0.5, 0.6) is 0 Å². The van der Waals surface area contributed by atoms with Crippen molar-refractivity contribution in [2.24, 2.45) is 17.3 Å². The van der Waals surface area contributed by atoms with Crippen LogP contribution in [0, 0.1) is 24.2 Å². The van der Waals surface area contributed by atoms with Gasteiger partial charge in [0.05, 0.1) is 17.6 Å². The Hall–Kier alpha value is -1.50. The quantitative estimate of drug-likeness (QED) is 0.869. The van der Waals surface area contributed by atoms with E-state index in [-0.39, 0.29) is 22.4 Å². The molecule has 1 heterocycles. The third-order valence-electron chi connectivity index (χ3n) is 7.56. The molecule has 1 amide bonds. The second kappa shape index (κ2) is 5.50. The summed E-state index contributed by atoms with van der Waals surface area (Å²) in [4.78, 5) is 15.1. The van der Waals surface area contributed by atoms with Crippen LogP contribution in [0.15, 0.2) is 0 Å². The Morgan fingerprint density at radius 3 is 2.54 bits per heavy atom. The number of tetrazole rings is 1. The first-order valence-corrected chi connectivity index (χ1v) is 10.1. The van der Waals surface area contributed by atoms with Crippen LogP contribution in [0.25, 0.3) is 0 Å². The Morgan fingerprint density at radius 2 is 2.00 bits per heavy atom. The summed E-state index contributed by atoms with van der Waals surface area (Å²) in [5.74, 6) is 2.25. The fourth-order valence-electron chi connectivity index (χ4n) is 6.77. The van der Waals surface area contributed by atoms with Gasteiger partial charge in [-0.15, -0.1) is 10.2 Å². The third kappa shape index (κ3) is 2.35. The number of hydrogen-bond donors (Lipinski definition) is 1. The number of nitrogens with one attached hydrogen (secondary N) is 1. The number of carbonyl (C=O) groups is 1. The largest absolute Gasteiger partial charge is 0.384 e. The molecule has 5 aliphatic rings. The van der Waals surface area contributed by atoms with Crippen LogP contribution in [-0.2, 0) is 15.1 Å². The maximum atomic E-state index is 13.2. The molecular weight excluding hydrogens is 330 g/mol. The Bertz CT molecular complexity index is 711. The summed E-state index contributed by atoms with van der Waals surface area (Å²) in [5.41, 5.74) is -0.459. The van der Waals surface area contributed by atoms with Gasteiger partial charge < -0.3 is 10.1 Å². The van der Waals surface area contributed by atoms with E-state index in [1.807, 2.05) is 11.7 Å². The first kappa shape index (κ1) is 16.7. The van der Waals surface area contributed by atoms with Gasteiger partial charge in [-0.3, -0.25) is 4.79 Å². The van der Waals surface area contributed by atoms with Crippen LogP contribution in [0.4, 0.5) is 0 Å². The Morgan fingerprint density at radius 1 is 1.27 bits per heavy atom. The van der Waals surface area contributed by atoms with Crippen molar-refractivity contribution in [1.82, 2.24) is 25.5 Å². The number of aromatic nitrogens is 4. The van der Waals surface area contributed by atoms with Crippen molar-refractivity contribution in [2.45, 2.75) is 75.8 Å². The number of ether oxygens (including phenoxy) is 1. The smallest absolute Gasteiger partial charge is 0.228 e. The molecule has 0 radical (unpaired) electrons. The summed E-state index contributed by atoms with van der Waals surface area (Å²) in [6, 6.07) is 0. The number of hydrogen-bond acceptors (Lipinski definition) is 5. The van der Waals surface area contributed by atoms with Gasteiger partial charge in [0.2, 0.25) is 5.91 Å². The molecule has 0 unspecified atom stereocenters. The lowest BCUT2D eigenvalue weighted by molar-refractivity contribution is -0.149. The van der Waals surface area contributed by atoms with Gasteiger partial charge in [0.25, 0.3) is 0 Å². The summed E-state index contributed by atoms with van der Waals surface area (Å²) in [6.45, 7) is 2.43. The molecule has 6 rings (SSSR count). The predicted octanol–water partition coefficient (Wildman–Crippen LogP) is 1.96. The number of carbonyl (C=O) groups excluding carboxylic acids is 1. The molecule has 0 spiro atoms. The number of nitrogens with zero attached hydrogens (tertiary/aromatic N) is 4. The van der Waals surface area contributed by atoms with Crippen molar-refractivity contribution in [1.29, 1.82) is 0 Å². The molecule has 26 heavy (non-hydrogen) atoms. The predicted molar refractivity (Wildman–Crippen MR) is 94.2 cm³/mol. The van der Waals surface area contributed by atoms with Gasteiger partial charge in [0, 0.05) is 12.6 Å². The van der Waals surface area contributed by atoms with Crippen molar-refractivity contribution in [3.8, 4) is 0 Å². The van der Waals surface area contributed by atoms with Gasteiger partial charge in [-0.25, -0.2) is 0 Å². The van der Waals surface area contributed by atoms with Crippen molar-refractivity contribution in [2.75, 3.05) is 13.7 Å². The molecule has 1 aromatic heterocycles. The molecule has 1 aromatic rings. The first-order valence-electron chi connectivity index (χ1n) is 10.1. The second-order valence-electron chi connectivity index (χ2n) is 9.61. The van der Waals surface area contributed by atoms with Crippen LogP contribution in [0.1, 0.15) is 63.6 Å². The van der Waals surface area contributed by atoms with Crippen LogP contribution in [0.2, 0.25) is 0 Å². The Balaban J connectivity index is 1.43. The zero-order chi connectivity index (χ0) is 18.0. The van der Waals surface area contributed by atoms with Crippen molar-refractivity contribution < 1.29 is 9.53 Å². The number of methoxy groups -OCH3 is 1. The van der Waals surface area contributed by atoms with Gasteiger partial charge in [-0.1, -0.05) is 6.42 Å². The fraction of sp³-hybridized carbons (Fsp3) is 0.895. The van der Waals surface area contributed by atoms with E-state index in [0.717, 1.165) is 57.2 Å². The lowest BCUT2D eigenvalue weighted by Crippen LogP contribution is -2.68. The Labute approximate surface area is 154 Å². The minimum Gasteiger partial charge on any atom is -0.384 e. The van der Waals surface area contributed by atoms with E-state index in [2.05, 4.69) is 20.7 Å². The molecule has 5 saturated carbocycles. The molecular formula is C19H29N5O2. The van der Waals surface area contributed by atoms with Crippen LogP contribution in [-0.4, -0.2) is 45.4 Å². The summed E-state index contributed by atoms with van der Waals surface area (Å²) in [5, 5.41) is 16.6. The molecule has 142 valence electrons. The average Bonchev–Trinajstić information content (AvgIpc) is 2.96. The maximum absolute atomic E-state index is 13.2. The second-order valence-corrected chi connectivity index (χ2v) is 9.61. The minimum atomic E-state index is -0.298. The van der Waals surface area contributed by atoms with Gasteiger partial charge in [-0.2, -0.15) is 4.80 Å². The van der Waals surface area contributed by atoms with Gasteiger partial charge in [0.1, 0.15) is 0 Å². The molecule has 0 saturated heterocycles. The lowest BCUT2D eigenvalue weighted by atomic mass is 9.49. The van der Waals surface area contributed by atoms with E-state index in [9.17, 15) is 4.79 Å². The van der Waals surface area contributed by atoms with Crippen molar-refractivity contribution in [3.05, 3.63) is 5.82 Å². The number of amides is 1. The van der Waals surface area contributed by atoms with E-state index >= 15 is 0 Å². The van der Waals surface area contributed by atoms with Crippen LogP contribution in [0.3, 0.4) is 0 Å². The highest BCUT2D eigenvalue weighted by Gasteiger charge is 2.61. The Kier molecular flexibility index (Phi) is 3.53. The maximum Gasteiger partial charge on any atom is 0.228 e. The van der Waals surface area contributed by atoms with Crippen molar-refractivity contribution >= 4 is 5.91 Å². The lowest BCUT2D eigenvalue weighted by Gasteiger charge is -2.61. The molecule has 2 atom stereocenters. The van der Waals surface area contributed by atoms with Gasteiger partial charge in [0.15, 0.2) is 5.82 Å². The van der Waals surface area contributed by atoms with Gasteiger partial charge >= 0.3 is 0 Å². The summed E-state index contributed by atoms with van der Waals surface area (Å²) in [7, 11) is 1.70. The molecule has 7 nitrogen and oxygen atoms in total. The molecule has 1 N–H and O–H groups in total. The van der Waals surface area contributed by atoms with E-state index in [1.54, 1.807) is 7.11 Å². The fourth-order valence-corrected chi connectivity index (χ4v) is 6.77. The van der Waals surface area contributed by atoms with Crippen molar-refractivity contribution in [3.63, 3.8) is 0 Å². The monoisotopic (exact) mass is 359 g/mol. The molecule has 5 aliphatic carbocycles. The average molecular weight is 359 g/mol.